The van der Waals surface area contributed by atoms with Gasteiger partial charge in [-0.1, -0.05) is 18.2 Å². The zero-order valence-corrected chi connectivity index (χ0v) is 14.0. The first-order valence-corrected chi connectivity index (χ1v) is 7.98. The van der Waals surface area contributed by atoms with E-state index < -0.39 is 17.7 Å². The van der Waals surface area contributed by atoms with Gasteiger partial charge in [0, 0.05) is 6.20 Å². The van der Waals surface area contributed by atoms with E-state index in [1.807, 2.05) is 0 Å². The summed E-state index contributed by atoms with van der Waals surface area (Å²) in [6.45, 7) is 0. The van der Waals surface area contributed by atoms with Crippen molar-refractivity contribution in [1.29, 1.82) is 0 Å². The normalized spacial score (nSPS) is 11.4. The Labute approximate surface area is 153 Å². The minimum atomic E-state index is -4.39. The van der Waals surface area contributed by atoms with E-state index in [4.69, 9.17) is 5.73 Å². The number of halogens is 3. The fourth-order valence-electron chi connectivity index (χ4n) is 2.78. The van der Waals surface area contributed by atoms with Crippen molar-refractivity contribution in [2.24, 2.45) is 0 Å². The van der Waals surface area contributed by atoms with Crippen LogP contribution in [0.3, 0.4) is 0 Å². The second-order valence-corrected chi connectivity index (χ2v) is 6.02. The number of carboxylic acids is 1. The van der Waals surface area contributed by atoms with E-state index in [0.29, 0.717) is 23.1 Å². The number of carboxylic acid groups (broad SMARTS) is 1. The smallest absolute Gasteiger partial charge is 0.416 e. The average molecular weight is 372 g/mol. The molecule has 1 aromatic heterocycles. The largest absolute Gasteiger partial charge is 0.478 e. The molecule has 0 saturated heterocycles. The first-order valence-electron chi connectivity index (χ1n) is 7.98. The third-order valence-corrected chi connectivity index (χ3v) is 4.12. The van der Waals surface area contributed by atoms with Gasteiger partial charge in [-0.15, -0.1) is 0 Å². The van der Waals surface area contributed by atoms with Gasteiger partial charge in [0.15, 0.2) is 0 Å². The average Bonchev–Trinajstić information content (AvgIpc) is 2.61. The van der Waals surface area contributed by atoms with Crippen molar-refractivity contribution in [3.8, 4) is 11.1 Å². The van der Waals surface area contributed by atoms with Crippen molar-refractivity contribution in [2.45, 2.75) is 12.6 Å². The molecule has 0 aliphatic rings. The number of rotatable bonds is 4. The molecule has 0 saturated carbocycles. The van der Waals surface area contributed by atoms with Crippen molar-refractivity contribution in [3.63, 3.8) is 0 Å². The standard InChI is InChI=1S/C20H15F3N2O2/c21-20(22,23)16-5-1-12(2-6-16)9-13-3-4-15(19(26)27)10-17(13)14-7-8-25-18(24)11-14/h1-8,10-11H,9H2,(H2,24,25)(H,26,27). The molecule has 138 valence electrons. The van der Waals surface area contributed by atoms with Crippen LogP contribution in [0.15, 0.2) is 60.8 Å². The van der Waals surface area contributed by atoms with Gasteiger partial charge in [-0.25, -0.2) is 9.78 Å². The van der Waals surface area contributed by atoms with Gasteiger partial charge in [0.25, 0.3) is 0 Å². The Morgan fingerprint density at radius 1 is 1.04 bits per heavy atom. The summed E-state index contributed by atoms with van der Waals surface area (Å²) in [7, 11) is 0. The number of pyridine rings is 1. The molecule has 0 atom stereocenters. The third-order valence-electron chi connectivity index (χ3n) is 4.12. The molecule has 7 heteroatoms. The summed E-state index contributed by atoms with van der Waals surface area (Å²) < 4.78 is 38.1. The predicted molar refractivity (Wildman–Crippen MR) is 95.3 cm³/mol. The Kier molecular flexibility index (Phi) is 4.85. The van der Waals surface area contributed by atoms with Gasteiger partial charge in [-0.05, 0) is 65.1 Å². The van der Waals surface area contributed by atoms with Crippen molar-refractivity contribution in [2.75, 3.05) is 5.73 Å². The Bertz CT molecular complexity index is 983. The monoisotopic (exact) mass is 372 g/mol. The number of aromatic nitrogens is 1. The summed E-state index contributed by atoms with van der Waals surface area (Å²) in [6.07, 6.45) is -2.53. The number of benzene rings is 2. The molecule has 0 unspecified atom stereocenters. The van der Waals surface area contributed by atoms with E-state index in [-0.39, 0.29) is 11.4 Å². The van der Waals surface area contributed by atoms with Crippen molar-refractivity contribution < 1.29 is 23.1 Å². The molecule has 27 heavy (non-hydrogen) atoms. The molecular weight excluding hydrogens is 357 g/mol. The molecule has 0 aliphatic heterocycles. The lowest BCUT2D eigenvalue weighted by Gasteiger charge is -2.13. The summed E-state index contributed by atoms with van der Waals surface area (Å²) in [5.74, 6) is -0.784. The number of anilines is 1. The third kappa shape index (κ3) is 4.25. The maximum atomic E-state index is 12.7. The zero-order valence-electron chi connectivity index (χ0n) is 14.0. The van der Waals surface area contributed by atoms with Crippen molar-refractivity contribution >= 4 is 11.8 Å². The van der Waals surface area contributed by atoms with Gasteiger partial charge in [0.2, 0.25) is 0 Å². The highest BCUT2D eigenvalue weighted by atomic mass is 19.4. The molecule has 0 bridgehead atoms. The number of hydrogen-bond donors (Lipinski definition) is 2. The lowest BCUT2D eigenvalue weighted by molar-refractivity contribution is -0.137. The summed E-state index contributed by atoms with van der Waals surface area (Å²) in [5, 5.41) is 9.25. The second-order valence-electron chi connectivity index (χ2n) is 6.02. The first kappa shape index (κ1) is 18.4. The molecule has 0 fully saturated rings. The number of nitrogens with zero attached hydrogens (tertiary/aromatic N) is 1. The summed E-state index contributed by atoms with van der Waals surface area (Å²) >= 11 is 0. The van der Waals surface area contributed by atoms with E-state index in [2.05, 4.69) is 4.98 Å². The molecule has 0 aliphatic carbocycles. The van der Waals surface area contributed by atoms with Crippen LogP contribution in [0.2, 0.25) is 0 Å². The number of nitrogens with two attached hydrogens (primary N) is 1. The van der Waals surface area contributed by atoms with Crippen LogP contribution in [0.1, 0.15) is 27.0 Å². The van der Waals surface area contributed by atoms with Crippen LogP contribution in [0, 0.1) is 0 Å². The Hall–Kier alpha value is -3.35. The lowest BCUT2D eigenvalue weighted by Crippen LogP contribution is -2.05. The highest BCUT2D eigenvalue weighted by molar-refractivity contribution is 5.90. The molecule has 3 aromatic rings. The van der Waals surface area contributed by atoms with Crippen LogP contribution in [-0.2, 0) is 12.6 Å². The minimum absolute atomic E-state index is 0.108. The molecule has 4 nitrogen and oxygen atoms in total. The van der Waals surface area contributed by atoms with E-state index in [9.17, 15) is 23.1 Å². The van der Waals surface area contributed by atoms with Crippen LogP contribution in [0.4, 0.5) is 19.0 Å². The van der Waals surface area contributed by atoms with Gasteiger partial charge < -0.3 is 10.8 Å². The summed E-state index contributed by atoms with van der Waals surface area (Å²) in [6, 6.07) is 12.9. The number of aromatic carboxylic acids is 1. The summed E-state index contributed by atoms with van der Waals surface area (Å²) in [5.41, 5.74) is 7.89. The van der Waals surface area contributed by atoms with Crippen LogP contribution in [0.25, 0.3) is 11.1 Å². The van der Waals surface area contributed by atoms with E-state index in [1.54, 1.807) is 18.2 Å². The minimum Gasteiger partial charge on any atom is -0.478 e. The molecule has 0 spiro atoms. The van der Waals surface area contributed by atoms with E-state index in [1.165, 1.54) is 30.5 Å². The van der Waals surface area contributed by atoms with Gasteiger partial charge in [0.05, 0.1) is 11.1 Å². The Morgan fingerprint density at radius 2 is 1.74 bits per heavy atom. The number of nitrogen functional groups attached to an aromatic ring is 1. The molecule has 1 heterocycles. The fraction of sp³-hybridized carbons (Fsp3) is 0.100. The van der Waals surface area contributed by atoms with Gasteiger partial charge in [0.1, 0.15) is 5.82 Å². The summed E-state index contributed by atoms with van der Waals surface area (Å²) in [4.78, 5) is 15.2. The predicted octanol–water partition coefficient (Wildman–Crippen LogP) is 4.64. The van der Waals surface area contributed by atoms with Gasteiger partial charge in [-0.2, -0.15) is 13.2 Å². The molecule has 0 amide bonds. The first-order chi connectivity index (χ1) is 12.7. The quantitative estimate of drug-likeness (QED) is 0.700. The van der Waals surface area contributed by atoms with Crippen LogP contribution >= 0.6 is 0 Å². The molecule has 2 aromatic carbocycles. The van der Waals surface area contributed by atoms with Gasteiger partial charge in [-0.3, -0.25) is 0 Å². The SMILES string of the molecule is Nc1cc(-c2cc(C(=O)O)ccc2Cc2ccc(C(F)(F)F)cc2)ccn1. The van der Waals surface area contributed by atoms with Crippen LogP contribution in [0.5, 0.6) is 0 Å². The fourth-order valence-corrected chi connectivity index (χ4v) is 2.78. The van der Waals surface area contributed by atoms with Gasteiger partial charge >= 0.3 is 12.1 Å². The van der Waals surface area contributed by atoms with Crippen molar-refractivity contribution in [3.05, 3.63) is 83.0 Å². The van der Waals surface area contributed by atoms with Crippen LogP contribution in [-0.4, -0.2) is 16.1 Å². The molecule has 3 rings (SSSR count). The maximum Gasteiger partial charge on any atom is 0.416 e. The zero-order chi connectivity index (χ0) is 19.6. The van der Waals surface area contributed by atoms with Crippen molar-refractivity contribution in [1.82, 2.24) is 4.98 Å². The van der Waals surface area contributed by atoms with Crippen LogP contribution < -0.4 is 5.73 Å². The van der Waals surface area contributed by atoms with E-state index in [0.717, 1.165) is 17.7 Å². The number of alkyl halides is 3. The second kappa shape index (κ2) is 7.11. The number of carbonyl (C=O) groups is 1. The topological polar surface area (TPSA) is 76.2 Å². The highest BCUT2D eigenvalue weighted by Crippen LogP contribution is 2.31. The highest BCUT2D eigenvalue weighted by Gasteiger charge is 2.29. The maximum absolute atomic E-state index is 12.7. The number of hydrogen-bond acceptors (Lipinski definition) is 3. The Balaban J connectivity index is 2.01. The molecule has 3 N–H and O–H groups in total. The Morgan fingerprint density at radius 3 is 2.33 bits per heavy atom. The molecular formula is C20H15F3N2O2. The lowest BCUT2D eigenvalue weighted by atomic mass is 9.93. The van der Waals surface area contributed by atoms with E-state index >= 15 is 0 Å². The molecule has 0 radical (unpaired) electrons.